The fraction of sp³-hybridized carbons (Fsp3) is 0.450. The first kappa shape index (κ1) is 18.9. The number of nitrogens with zero attached hydrogens (tertiary/aromatic N) is 3. The van der Waals surface area contributed by atoms with Crippen LogP contribution in [0, 0.1) is 0 Å². The number of para-hydroxylation sites is 1. The summed E-state index contributed by atoms with van der Waals surface area (Å²) in [6.45, 7) is 8.29. The van der Waals surface area contributed by atoms with Gasteiger partial charge in [-0.15, -0.1) is 0 Å². The number of benzene rings is 1. The van der Waals surface area contributed by atoms with Crippen molar-refractivity contribution in [3.8, 4) is 5.69 Å². The predicted molar refractivity (Wildman–Crippen MR) is 99.9 cm³/mol. The van der Waals surface area contributed by atoms with Gasteiger partial charge in [-0.2, -0.15) is 5.10 Å². The Labute approximate surface area is 158 Å². The first-order chi connectivity index (χ1) is 12.8. The highest BCUT2D eigenvalue weighted by Gasteiger charge is 2.32. The summed E-state index contributed by atoms with van der Waals surface area (Å²) in [6, 6.07) is 9.63. The Balaban J connectivity index is 1.97. The minimum absolute atomic E-state index is 0.254. The van der Waals surface area contributed by atoms with Crippen LogP contribution in [0.15, 0.2) is 30.3 Å². The molecule has 7 nitrogen and oxygen atoms in total. The second-order valence-electron chi connectivity index (χ2n) is 7.39. The molecule has 3 rings (SSSR count). The number of rotatable bonds is 3. The maximum absolute atomic E-state index is 12.5. The van der Waals surface area contributed by atoms with E-state index in [2.05, 4.69) is 5.10 Å². The van der Waals surface area contributed by atoms with E-state index in [4.69, 9.17) is 9.47 Å². The molecule has 1 aromatic heterocycles. The number of amides is 1. The van der Waals surface area contributed by atoms with E-state index in [9.17, 15) is 9.59 Å². The van der Waals surface area contributed by atoms with E-state index >= 15 is 0 Å². The monoisotopic (exact) mass is 371 g/mol. The Bertz CT molecular complexity index is 837. The quantitative estimate of drug-likeness (QED) is 0.774. The molecule has 1 aliphatic rings. The summed E-state index contributed by atoms with van der Waals surface area (Å²) in [6.07, 6.45) is 0.186. The van der Waals surface area contributed by atoms with Gasteiger partial charge < -0.3 is 14.4 Å². The standard InChI is InChI=1S/C20H25N3O4/c1-5-26-18(24)17-15-13-22(19(25)27-20(2,3)4)12-11-16(15)23(21-17)14-9-7-6-8-10-14/h6-10H,5,11-13H2,1-4H3. The van der Waals surface area contributed by atoms with Crippen LogP contribution < -0.4 is 0 Å². The summed E-state index contributed by atoms with van der Waals surface area (Å²) in [5.41, 5.74) is 2.19. The molecule has 2 heterocycles. The summed E-state index contributed by atoms with van der Waals surface area (Å²) in [5.74, 6) is -0.477. The maximum atomic E-state index is 12.5. The van der Waals surface area contributed by atoms with Crippen molar-refractivity contribution in [2.24, 2.45) is 0 Å². The summed E-state index contributed by atoms with van der Waals surface area (Å²) in [5, 5.41) is 4.51. The second kappa shape index (κ2) is 7.42. The second-order valence-corrected chi connectivity index (χ2v) is 7.39. The van der Waals surface area contributed by atoms with Crippen molar-refractivity contribution in [3.05, 3.63) is 47.3 Å². The normalized spacial score (nSPS) is 13.9. The van der Waals surface area contributed by atoms with E-state index in [1.807, 2.05) is 51.1 Å². The lowest BCUT2D eigenvalue weighted by Gasteiger charge is -2.30. The van der Waals surface area contributed by atoms with Gasteiger partial charge in [0.15, 0.2) is 5.69 Å². The Hall–Kier alpha value is -2.83. The molecule has 7 heteroatoms. The van der Waals surface area contributed by atoms with Gasteiger partial charge in [-0.25, -0.2) is 14.3 Å². The third-order valence-electron chi connectivity index (χ3n) is 4.18. The topological polar surface area (TPSA) is 73.7 Å². The van der Waals surface area contributed by atoms with Crippen LogP contribution in [0.1, 0.15) is 49.4 Å². The van der Waals surface area contributed by atoms with Crippen LogP contribution in [0.3, 0.4) is 0 Å². The zero-order valence-electron chi connectivity index (χ0n) is 16.2. The number of fused-ring (bicyclic) bond motifs is 1. The highest BCUT2D eigenvalue weighted by Crippen LogP contribution is 2.27. The van der Waals surface area contributed by atoms with E-state index in [0.717, 1.165) is 16.9 Å². The molecule has 0 atom stereocenters. The largest absolute Gasteiger partial charge is 0.461 e. The molecular weight excluding hydrogens is 346 g/mol. The summed E-state index contributed by atoms with van der Waals surface area (Å²) >= 11 is 0. The zero-order valence-corrected chi connectivity index (χ0v) is 16.2. The fourth-order valence-corrected chi connectivity index (χ4v) is 3.05. The Morgan fingerprint density at radius 1 is 1.19 bits per heavy atom. The van der Waals surface area contributed by atoms with Gasteiger partial charge in [0.25, 0.3) is 0 Å². The van der Waals surface area contributed by atoms with E-state index < -0.39 is 17.7 Å². The van der Waals surface area contributed by atoms with Crippen molar-refractivity contribution in [2.45, 2.75) is 46.3 Å². The molecule has 0 radical (unpaired) electrons. The van der Waals surface area contributed by atoms with Gasteiger partial charge in [0.1, 0.15) is 5.60 Å². The highest BCUT2D eigenvalue weighted by molar-refractivity contribution is 5.89. The minimum Gasteiger partial charge on any atom is -0.461 e. The third-order valence-corrected chi connectivity index (χ3v) is 4.18. The van der Waals surface area contributed by atoms with Crippen LogP contribution in [-0.4, -0.2) is 45.5 Å². The van der Waals surface area contributed by atoms with E-state index in [0.29, 0.717) is 13.0 Å². The fourth-order valence-electron chi connectivity index (χ4n) is 3.05. The maximum Gasteiger partial charge on any atom is 0.410 e. The molecule has 0 N–H and O–H groups in total. The molecule has 1 aliphatic heterocycles. The smallest absolute Gasteiger partial charge is 0.410 e. The van der Waals surface area contributed by atoms with E-state index in [1.54, 1.807) is 16.5 Å². The number of ether oxygens (including phenoxy) is 2. The molecule has 0 aliphatic carbocycles. The number of esters is 1. The SMILES string of the molecule is CCOC(=O)c1nn(-c2ccccc2)c2c1CN(C(=O)OC(C)(C)C)CC2. The predicted octanol–water partition coefficient (Wildman–Crippen LogP) is 3.34. The third kappa shape index (κ3) is 4.13. The Morgan fingerprint density at radius 2 is 1.89 bits per heavy atom. The van der Waals surface area contributed by atoms with Crippen molar-refractivity contribution < 1.29 is 19.1 Å². The molecule has 0 fully saturated rings. The van der Waals surface area contributed by atoms with Gasteiger partial charge in [-0.3, -0.25) is 0 Å². The molecule has 1 aromatic carbocycles. The number of hydrogen-bond donors (Lipinski definition) is 0. The lowest BCUT2D eigenvalue weighted by atomic mass is 10.1. The summed E-state index contributed by atoms with van der Waals surface area (Å²) < 4.78 is 12.4. The first-order valence-corrected chi connectivity index (χ1v) is 9.11. The van der Waals surface area contributed by atoms with Crippen molar-refractivity contribution in [1.82, 2.24) is 14.7 Å². The molecule has 0 unspecified atom stereocenters. The number of hydrogen-bond acceptors (Lipinski definition) is 5. The van der Waals surface area contributed by atoms with Crippen molar-refractivity contribution in [3.63, 3.8) is 0 Å². The zero-order chi connectivity index (χ0) is 19.6. The van der Waals surface area contributed by atoms with Crippen LogP contribution in [0.25, 0.3) is 5.69 Å². The van der Waals surface area contributed by atoms with E-state index in [1.165, 1.54) is 0 Å². The molecule has 0 bridgehead atoms. The lowest BCUT2D eigenvalue weighted by molar-refractivity contribution is 0.0219. The van der Waals surface area contributed by atoms with Crippen LogP contribution in [-0.2, 0) is 22.4 Å². The molecule has 0 saturated heterocycles. The average Bonchev–Trinajstić information content (AvgIpc) is 3.00. The minimum atomic E-state index is -0.574. The average molecular weight is 371 g/mol. The number of carbonyl (C=O) groups is 2. The van der Waals surface area contributed by atoms with Crippen molar-refractivity contribution >= 4 is 12.1 Å². The van der Waals surface area contributed by atoms with Crippen LogP contribution in [0.2, 0.25) is 0 Å². The molecule has 1 amide bonds. The van der Waals surface area contributed by atoms with Gasteiger partial charge >= 0.3 is 12.1 Å². The lowest BCUT2D eigenvalue weighted by Crippen LogP contribution is -2.40. The van der Waals surface area contributed by atoms with Gasteiger partial charge in [0.2, 0.25) is 0 Å². The molecule has 144 valence electrons. The number of aromatic nitrogens is 2. The molecule has 2 aromatic rings. The van der Waals surface area contributed by atoms with Crippen molar-refractivity contribution in [2.75, 3.05) is 13.2 Å². The highest BCUT2D eigenvalue weighted by atomic mass is 16.6. The molecular formula is C20H25N3O4. The Morgan fingerprint density at radius 3 is 2.52 bits per heavy atom. The Kier molecular flexibility index (Phi) is 5.21. The first-order valence-electron chi connectivity index (χ1n) is 9.11. The van der Waals surface area contributed by atoms with Gasteiger partial charge in [-0.05, 0) is 39.8 Å². The number of carbonyl (C=O) groups excluding carboxylic acids is 2. The van der Waals surface area contributed by atoms with Gasteiger partial charge in [0, 0.05) is 18.5 Å². The molecule has 0 spiro atoms. The van der Waals surface area contributed by atoms with Crippen molar-refractivity contribution in [1.29, 1.82) is 0 Å². The van der Waals surface area contributed by atoms with Gasteiger partial charge in [0.05, 0.1) is 24.5 Å². The molecule has 0 saturated carbocycles. The van der Waals surface area contributed by atoms with Gasteiger partial charge in [-0.1, -0.05) is 18.2 Å². The summed E-state index contributed by atoms with van der Waals surface area (Å²) in [4.78, 5) is 26.5. The van der Waals surface area contributed by atoms with Crippen LogP contribution in [0.5, 0.6) is 0 Å². The summed E-state index contributed by atoms with van der Waals surface area (Å²) in [7, 11) is 0. The van der Waals surface area contributed by atoms with E-state index in [-0.39, 0.29) is 18.8 Å². The van der Waals surface area contributed by atoms with Crippen LogP contribution >= 0.6 is 0 Å². The van der Waals surface area contributed by atoms with Crippen LogP contribution in [0.4, 0.5) is 4.79 Å². The molecule has 27 heavy (non-hydrogen) atoms.